The summed E-state index contributed by atoms with van der Waals surface area (Å²) in [5, 5.41) is 0.941. The zero-order valence-electron chi connectivity index (χ0n) is 9.52. The van der Waals surface area contributed by atoms with Crippen LogP contribution < -0.4 is 4.74 Å². The Hall–Kier alpha value is -0.950. The first-order valence-electron chi connectivity index (χ1n) is 5.41. The van der Waals surface area contributed by atoms with Gasteiger partial charge in [-0.25, -0.2) is 0 Å². The fourth-order valence-corrected chi connectivity index (χ4v) is 2.07. The van der Waals surface area contributed by atoms with E-state index in [9.17, 15) is 0 Å². The minimum Gasteiger partial charge on any atom is -0.489 e. The normalized spacial score (nSPS) is 10.7. The predicted molar refractivity (Wildman–Crippen MR) is 74.2 cm³/mol. The molecule has 0 unspecified atom stereocenters. The van der Waals surface area contributed by atoms with Crippen molar-refractivity contribution >= 4 is 33.5 Å². The molecule has 4 nitrogen and oxygen atoms in total. The van der Waals surface area contributed by atoms with E-state index in [-0.39, 0.29) is 0 Å². The summed E-state index contributed by atoms with van der Waals surface area (Å²) >= 11 is 2.21. The third-order valence-electron chi connectivity index (χ3n) is 2.25. The maximum atomic E-state index is 5.74. The van der Waals surface area contributed by atoms with E-state index in [1.54, 1.807) is 18.6 Å². The first-order chi connectivity index (χ1) is 8.33. The van der Waals surface area contributed by atoms with Gasteiger partial charge >= 0.3 is 0 Å². The Balaban J connectivity index is 2.22. The van der Waals surface area contributed by atoms with Crippen molar-refractivity contribution in [3.63, 3.8) is 0 Å². The van der Waals surface area contributed by atoms with Gasteiger partial charge in [0.2, 0.25) is 0 Å². The summed E-state index contributed by atoms with van der Waals surface area (Å²) in [4.78, 5) is 8.43. The van der Waals surface area contributed by atoms with Crippen LogP contribution in [0.15, 0.2) is 24.7 Å². The molecule has 17 heavy (non-hydrogen) atoms. The third kappa shape index (κ3) is 3.04. The Kier molecular flexibility index (Phi) is 4.49. The van der Waals surface area contributed by atoms with E-state index in [0.717, 1.165) is 20.2 Å². The second-order valence-corrected chi connectivity index (χ2v) is 4.54. The molecule has 2 aromatic rings. The number of hydrogen-bond acceptors (Lipinski definition) is 4. The number of nitrogens with zero attached hydrogens (tertiary/aromatic N) is 2. The van der Waals surface area contributed by atoms with E-state index >= 15 is 0 Å². The van der Waals surface area contributed by atoms with E-state index < -0.39 is 0 Å². The molecule has 0 fully saturated rings. The Morgan fingerprint density at radius 1 is 1.29 bits per heavy atom. The van der Waals surface area contributed by atoms with E-state index in [0.29, 0.717) is 19.8 Å². The van der Waals surface area contributed by atoms with Crippen molar-refractivity contribution in [3.8, 4) is 5.75 Å². The fraction of sp³-hybridized carbons (Fsp3) is 0.333. The van der Waals surface area contributed by atoms with Crippen LogP contribution in [0.2, 0.25) is 0 Å². The SMILES string of the molecule is CCOCCOc1c(I)cnc2ccncc12. The summed E-state index contributed by atoms with van der Waals surface area (Å²) < 4.78 is 12.0. The molecular formula is C12H13IN2O2. The van der Waals surface area contributed by atoms with Crippen molar-refractivity contribution in [2.75, 3.05) is 19.8 Å². The fourth-order valence-electron chi connectivity index (χ4n) is 1.48. The number of ether oxygens (including phenoxy) is 2. The van der Waals surface area contributed by atoms with Gasteiger partial charge in [0, 0.05) is 25.2 Å². The van der Waals surface area contributed by atoms with Gasteiger partial charge in [0.1, 0.15) is 12.4 Å². The van der Waals surface area contributed by atoms with Gasteiger partial charge in [0.25, 0.3) is 0 Å². The molecule has 0 N–H and O–H groups in total. The molecule has 0 aliphatic heterocycles. The summed E-state index contributed by atoms with van der Waals surface area (Å²) in [5.74, 6) is 0.836. The lowest BCUT2D eigenvalue weighted by Gasteiger charge is -2.10. The number of rotatable bonds is 5. The van der Waals surface area contributed by atoms with Gasteiger partial charge in [-0.1, -0.05) is 0 Å². The number of fused-ring (bicyclic) bond motifs is 1. The zero-order valence-corrected chi connectivity index (χ0v) is 11.7. The molecule has 0 saturated carbocycles. The molecule has 0 aromatic carbocycles. The molecule has 90 valence electrons. The van der Waals surface area contributed by atoms with Gasteiger partial charge in [0.05, 0.1) is 21.1 Å². The average Bonchev–Trinajstić information content (AvgIpc) is 2.37. The predicted octanol–water partition coefficient (Wildman–Crippen LogP) is 2.65. The Morgan fingerprint density at radius 2 is 2.18 bits per heavy atom. The molecule has 0 aliphatic rings. The molecule has 2 rings (SSSR count). The quantitative estimate of drug-likeness (QED) is 0.618. The van der Waals surface area contributed by atoms with Gasteiger partial charge in [-0.2, -0.15) is 0 Å². The highest BCUT2D eigenvalue weighted by molar-refractivity contribution is 14.1. The molecule has 5 heteroatoms. The molecule has 0 spiro atoms. The minimum atomic E-state index is 0.540. The number of halogens is 1. The largest absolute Gasteiger partial charge is 0.489 e. The van der Waals surface area contributed by atoms with E-state index in [1.807, 2.05) is 13.0 Å². The van der Waals surface area contributed by atoms with Gasteiger partial charge in [-0.05, 0) is 35.6 Å². The lowest BCUT2D eigenvalue weighted by Crippen LogP contribution is -2.07. The minimum absolute atomic E-state index is 0.540. The van der Waals surface area contributed by atoms with Gasteiger partial charge in [-0.3, -0.25) is 9.97 Å². The van der Waals surface area contributed by atoms with Crippen molar-refractivity contribution in [1.29, 1.82) is 0 Å². The maximum Gasteiger partial charge on any atom is 0.145 e. The summed E-state index contributed by atoms with van der Waals surface area (Å²) in [6.07, 6.45) is 5.31. The van der Waals surface area contributed by atoms with Crippen LogP contribution in [0.5, 0.6) is 5.75 Å². The molecule has 0 aliphatic carbocycles. The van der Waals surface area contributed by atoms with Crippen LogP contribution in [0.3, 0.4) is 0 Å². The summed E-state index contributed by atoms with van der Waals surface area (Å²) in [6, 6.07) is 1.88. The molecule has 0 saturated heterocycles. The molecule has 2 heterocycles. The lowest BCUT2D eigenvalue weighted by atomic mass is 10.2. The van der Waals surface area contributed by atoms with Crippen molar-refractivity contribution in [1.82, 2.24) is 9.97 Å². The molecule has 2 aromatic heterocycles. The highest BCUT2D eigenvalue weighted by Crippen LogP contribution is 2.28. The summed E-state index contributed by atoms with van der Waals surface area (Å²) in [6.45, 7) is 3.81. The number of hydrogen-bond donors (Lipinski definition) is 0. The smallest absolute Gasteiger partial charge is 0.145 e. The Labute approximate surface area is 114 Å². The van der Waals surface area contributed by atoms with Gasteiger partial charge < -0.3 is 9.47 Å². The molecule has 0 bridgehead atoms. The Bertz CT molecular complexity index is 505. The summed E-state index contributed by atoms with van der Waals surface area (Å²) in [7, 11) is 0. The highest BCUT2D eigenvalue weighted by Gasteiger charge is 2.08. The third-order valence-corrected chi connectivity index (χ3v) is 3.02. The van der Waals surface area contributed by atoms with Crippen LogP contribution in [-0.4, -0.2) is 29.8 Å². The van der Waals surface area contributed by atoms with Crippen LogP contribution in [0.4, 0.5) is 0 Å². The maximum absolute atomic E-state index is 5.74. The topological polar surface area (TPSA) is 44.2 Å². The van der Waals surface area contributed by atoms with Crippen molar-refractivity contribution in [2.45, 2.75) is 6.92 Å². The van der Waals surface area contributed by atoms with Crippen molar-refractivity contribution in [3.05, 3.63) is 28.2 Å². The standard InChI is InChI=1S/C12H13IN2O2/c1-2-16-5-6-17-12-9-7-14-4-3-11(9)15-8-10(12)13/h3-4,7-8H,2,5-6H2,1H3. The first kappa shape index (κ1) is 12.5. The van der Waals surface area contributed by atoms with Gasteiger partial charge in [-0.15, -0.1) is 0 Å². The average molecular weight is 344 g/mol. The van der Waals surface area contributed by atoms with Crippen molar-refractivity contribution < 1.29 is 9.47 Å². The van der Waals surface area contributed by atoms with Crippen LogP contribution >= 0.6 is 22.6 Å². The second kappa shape index (κ2) is 6.11. The monoisotopic (exact) mass is 344 g/mol. The lowest BCUT2D eigenvalue weighted by molar-refractivity contribution is 0.110. The number of aromatic nitrogens is 2. The first-order valence-corrected chi connectivity index (χ1v) is 6.49. The van der Waals surface area contributed by atoms with E-state index in [2.05, 4.69) is 32.6 Å². The van der Waals surface area contributed by atoms with E-state index in [4.69, 9.17) is 9.47 Å². The molecule has 0 amide bonds. The molecule has 0 radical (unpaired) electrons. The van der Waals surface area contributed by atoms with E-state index in [1.165, 1.54) is 0 Å². The van der Waals surface area contributed by atoms with Gasteiger partial charge in [0.15, 0.2) is 0 Å². The summed E-state index contributed by atoms with van der Waals surface area (Å²) in [5.41, 5.74) is 0.895. The van der Waals surface area contributed by atoms with Crippen LogP contribution in [-0.2, 0) is 4.74 Å². The molecule has 0 atom stereocenters. The zero-order chi connectivity index (χ0) is 12.1. The Morgan fingerprint density at radius 3 is 3.00 bits per heavy atom. The number of pyridine rings is 2. The van der Waals surface area contributed by atoms with Crippen LogP contribution in [0.25, 0.3) is 10.9 Å². The van der Waals surface area contributed by atoms with Crippen molar-refractivity contribution in [2.24, 2.45) is 0 Å². The second-order valence-electron chi connectivity index (χ2n) is 3.37. The van der Waals surface area contributed by atoms with Crippen LogP contribution in [0, 0.1) is 3.57 Å². The van der Waals surface area contributed by atoms with Crippen LogP contribution in [0.1, 0.15) is 6.92 Å². The highest BCUT2D eigenvalue weighted by atomic mass is 127. The molecular weight excluding hydrogens is 331 g/mol.